The maximum Gasteiger partial charge on any atom is 0.337 e. The molecular weight excluding hydrogens is 609 g/mol. The number of carboxylic acids is 1. The number of allylic oxidation sites excluding steroid dienone is 1. The number of hydrogen-bond donors (Lipinski definition) is 1. The molecule has 0 saturated heterocycles. The molecule has 1 saturated carbocycles. The zero-order chi connectivity index (χ0) is 31.9. The molecule has 2 unspecified atom stereocenters. The third-order valence-corrected chi connectivity index (χ3v) is 15.8. The largest absolute Gasteiger partial charge is 0.490 e. The van der Waals surface area contributed by atoms with E-state index >= 15 is 0 Å². The van der Waals surface area contributed by atoms with Gasteiger partial charge >= 0.3 is 5.97 Å². The molecule has 0 radical (unpaired) electrons. The number of anilines is 1. The minimum atomic E-state index is -2.00. The second-order valence-electron chi connectivity index (χ2n) is 14.8. The summed E-state index contributed by atoms with van der Waals surface area (Å²) in [6.45, 7) is 15.9. The number of hydrogen-bond acceptors (Lipinski definition) is 4. The van der Waals surface area contributed by atoms with Crippen LogP contribution in [0.4, 0.5) is 5.69 Å². The molecule has 2 aliphatic carbocycles. The van der Waals surface area contributed by atoms with Gasteiger partial charge in [-0.15, -0.1) is 0 Å². The van der Waals surface area contributed by atoms with Gasteiger partial charge in [0.1, 0.15) is 5.75 Å². The lowest BCUT2D eigenvalue weighted by Gasteiger charge is -2.48. The number of nitrogens with zero attached hydrogens (tertiary/aromatic N) is 1. The lowest BCUT2D eigenvalue weighted by Crippen LogP contribution is -2.52. The van der Waals surface area contributed by atoms with Gasteiger partial charge in [0, 0.05) is 29.6 Å². The van der Waals surface area contributed by atoms with E-state index in [2.05, 4.69) is 70.0 Å². The average Bonchev–Trinajstić information content (AvgIpc) is 3.06. The molecule has 8 heteroatoms. The van der Waals surface area contributed by atoms with Crippen molar-refractivity contribution in [3.05, 3.63) is 69.2 Å². The first-order valence-electron chi connectivity index (χ1n) is 16.3. The van der Waals surface area contributed by atoms with Gasteiger partial charge in [-0.3, -0.25) is 0 Å². The summed E-state index contributed by atoms with van der Waals surface area (Å²) in [6.07, 6.45) is 12.2. The molecule has 240 valence electrons. The summed E-state index contributed by atoms with van der Waals surface area (Å²) in [5.41, 5.74) is 3.27. The van der Waals surface area contributed by atoms with Crippen molar-refractivity contribution in [1.82, 2.24) is 0 Å². The second kappa shape index (κ2) is 13.0. The molecule has 5 nitrogen and oxygen atoms in total. The molecule has 2 aromatic carbocycles. The fourth-order valence-corrected chi connectivity index (χ4v) is 8.73. The van der Waals surface area contributed by atoms with Crippen LogP contribution in [0.2, 0.25) is 28.2 Å². The summed E-state index contributed by atoms with van der Waals surface area (Å²) in [4.78, 5) is 14.6. The summed E-state index contributed by atoms with van der Waals surface area (Å²) in [5, 5.41) is 11.1. The van der Waals surface area contributed by atoms with Gasteiger partial charge in [-0.25, -0.2) is 4.79 Å². The molecule has 1 spiro atoms. The average molecular weight is 659 g/mol. The van der Waals surface area contributed by atoms with E-state index in [0.717, 1.165) is 68.7 Å². The lowest BCUT2D eigenvalue weighted by atomic mass is 9.68. The van der Waals surface area contributed by atoms with Gasteiger partial charge < -0.3 is 19.2 Å². The zero-order valence-corrected chi connectivity index (χ0v) is 29.7. The molecule has 5 rings (SSSR count). The van der Waals surface area contributed by atoms with Crippen molar-refractivity contribution in [3.8, 4) is 5.75 Å². The summed E-state index contributed by atoms with van der Waals surface area (Å²) in [5.74, 6) is 0.450. The summed E-state index contributed by atoms with van der Waals surface area (Å²) >= 11 is 12.9. The van der Waals surface area contributed by atoms with Crippen LogP contribution in [-0.4, -0.2) is 45.2 Å². The Labute approximate surface area is 275 Å². The first-order chi connectivity index (χ1) is 20.7. The minimum Gasteiger partial charge on any atom is -0.490 e. The normalized spacial score (nSPS) is 24.3. The van der Waals surface area contributed by atoms with Crippen molar-refractivity contribution in [2.45, 2.75) is 102 Å². The highest BCUT2D eigenvalue weighted by Gasteiger charge is 2.46. The quantitative estimate of drug-likeness (QED) is 0.215. The molecule has 1 aliphatic heterocycles. The number of ether oxygens (including phenoxy) is 1. The van der Waals surface area contributed by atoms with Crippen LogP contribution in [0.3, 0.4) is 0 Å². The van der Waals surface area contributed by atoms with Crippen LogP contribution < -0.4 is 9.64 Å². The summed E-state index contributed by atoms with van der Waals surface area (Å²) in [7, 11) is -2.00. The Morgan fingerprint density at radius 2 is 2.00 bits per heavy atom. The van der Waals surface area contributed by atoms with Crippen molar-refractivity contribution >= 4 is 43.2 Å². The summed E-state index contributed by atoms with van der Waals surface area (Å²) in [6, 6.07) is 9.70. The molecule has 0 bridgehead atoms. The topological polar surface area (TPSA) is 59.0 Å². The van der Waals surface area contributed by atoms with Crippen LogP contribution in [0, 0.1) is 11.8 Å². The Kier molecular flexibility index (Phi) is 9.87. The predicted molar refractivity (Wildman–Crippen MR) is 185 cm³/mol. The molecule has 3 aliphatic rings. The highest BCUT2D eigenvalue weighted by molar-refractivity contribution is 6.74. The van der Waals surface area contributed by atoms with E-state index in [1.807, 2.05) is 6.07 Å². The number of rotatable bonds is 9. The third-order valence-electron chi connectivity index (χ3n) is 10.7. The van der Waals surface area contributed by atoms with Crippen LogP contribution >= 0.6 is 23.2 Å². The van der Waals surface area contributed by atoms with Gasteiger partial charge in [-0.05, 0) is 97.8 Å². The van der Waals surface area contributed by atoms with Crippen LogP contribution in [-0.2, 0) is 16.3 Å². The van der Waals surface area contributed by atoms with Crippen LogP contribution in [0.1, 0.15) is 87.7 Å². The van der Waals surface area contributed by atoms with Crippen LogP contribution in [0.15, 0.2) is 42.5 Å². The van der Waals surface area contributed by atoms with Crippen molar-refractivity contribution in [1.29, 1.82) is 0 Å². The molecule has 0 aromatic heterocycles. The monoisotopic (exact) mass is 657 g/mol. The van der Waals surface area contributed by atoms with Gasteiger partial charge in [0.25, 0.3) is 0 Å². The van der Waals surface area contributed by atoms with Gasteiger partial charge in [-0.1, -0.05) is 75.5 Å². The molecule has 2 aromatic rings. The van der Waals surface area contributed by atoms with Gasteiger partial charge in [0.05, 0.1) is 29.0 Å². The maximum atomic E-state index is 12.2. The number of aryl methyl sites for hydroxylation is 1. The highest BCUT2D eigenvalue weighted by Crippen LogP contribution is 2.48. The number of carbonyl (C=O) groups is 1. The molecule has 1 N–H and O–H groups in total. The maximum absolute atomic E-state index is 12.2. The van der Waals surface area contributed by atoms with Crippen LogP contribution in [0.25, 0.3) is 0 Å². The fraction of sp³-hybridized carbons (Fsp3) is 0.583. The molecule has 1 fully saturated rings. The predicted octanol–water partition coefficient (Wildman–Crippen LogP) is 9.94. The number of carboxylic acid groups (broad SMARTS) is 1. The van der Waals surface area contributed by atoms with Gasteiger partial charge in [0.15, 0.2) is 8.32 Å². The Bertz CT molecular complexity index is 1400. The first-order valence-corrected chi connectivity index (χ1v) is 20.0. The van der Waals surface area contributed by atoms with Crippen molar-refractivity contribution in [2.24, 2.45) is 11.8 Å². The third kappa shape index (κ3) is 6.74. The van der Waals surface area contributed by atoms with E-state index in [4.69, 9.17) is 32.4 Å². The number of aromatic carboxylic acids is 1. The van der Waals surface area contributed by atoms with E-state index in [9.17, 15) is 9.90 Å². The number of halogens is 2. The number of fused-ring (bicyclic) bond motifs is 3. The first kappa shape index (κ1) is 33.4. The van der Waals surface area contributed by atoms with Crippen molar-refractivity contribution in [3.63, 3.8) is 0 Å². The van der Waals surface area contributed by atoms with E-state index in [0.29, 0.717) is 24.2 Å². The molecule has 44 heavy (non-hydrogen) atoms. The second-order valence-corrected chi connectivity index (χ2v) is 20.4. The zero-order valence-electron chi connectivity index (χ0n) is 27.2. The highest BCUT2D eigenvalue weighted by atomic mass is 35.5. The van der Waals surface area contributed by atoms with E-state index < -0.39 is 14.3 Å². The summed E-state index contributed by atoms with van der Waals surface area (Å²) < 4.78 is 13.7. The smallest absolute Gasteiger partial charge is 0.337 e. The molecular formula is C36H49Cl2NO4Si. The van der Waals surface area contributed by atoms with Crippen molar-refractivity contribution in [2.75, 3.05) is 24.6 Å². The Morgan fingerprint density at radius 1 is 1.23 bits per heavy atom. The van der Waals surface area contributed by atoms with Crippen LogP contribution in [0.5, 0.6) is 5.75 Å². The Morgan fingerprint density at radius 3 is 2.66 bits per heavy atom. The molecule has 0 amide bonds. The lowest BCUT2D eigenvalue weighted by molar-refractivity contribution is 0.0524. The van der Waals surface area contributed by atoms with E-state index in [1.165, 1.54) is 11.1 Å². The van der Waals surface area contributed by atoms with Gasteiger partial charge in [-0.2, -0.15) is 0 Å². The Balaban J connectivity index is 1.51. The molecule has 4 atom stereocenters. The SMILES string of the molecule is CCC/C=C/C(O[Si](C)(C)C(C)(C)C)[C@@H]1CC[C@H]1CN1CC2(CCCc3cc(Cl)ccc32)COc2cc(Cl)c(C(=O)O)cc21. The Hall–Kier alpha value is -1.99. The molecule has 1 heterocycles. The van der Waals surface area contributed by atoms with Gasteiger partial charge in [0.2, 0.25) is 0 Å². The number of unbranched alkanes of at least 4 members (excludes halogenated alkanes) is 1. The van der Waals surface area contributed by atoms with E-state index in [-0.39, 0.29) is 27.1 Å². The fourth-order valence-electron chi connectivity index (χ4n) is 7.02. The number of benzene rings is 2. The minimum absolute atomic E-state index is 0.0789. The van der Waals surface area contributed by atoms with Crippen molar-refractivity contribution < 1.29 is 19.1 Å². The standard InChI is InChI=1S/C36H49Cl2NO4Si/c1-7-8-9-12-32(43-44(5,6)35(2,3)4)27-15-13-25(27)21-39-22-36(17-10-11-24-18-26(37)14-16-29(24)36)23-42-33-20-30(38)28(34(40)41)19-31(33)39/h9,12,14,16,18-20,25,27,32H,7-8,10-11,13,15,17,21-23H2,1-6H3,(H,40,41)/b12-9+/t25-,27+,32?,36?/m0/s1. The van der Waals surface area contributed by atoms with E-state index in [1.54, 1.807) is 12.1 Å².